The summed E-state index contributed by atoms with van der Waals surface area (Å²) in [6.45, 7) is 8.89. The molecule has 0 radical (unpaired) electrons. The molecule has 0 aliphatic carbocycles. The van der Waals surface area contributed by atoms with Crippen molar-refractivity contribution in [2.45, 2.75) is 45.8 Å². The maximum Gasteiger partial charge on any atom is 0.234 e. The van der Waals surface area contributed by atoms with E-state index >= 15 is 0 Å². The Morgan fingerprint density at radius 3 is 2.58 bits per heavy atom. The van der Waals surface area contributed by atoms with E-state index in [2.05, 4.69) is 5.32 Å². The number of furan rings is 1. The fraction of sp³-hybridized carbons (Fsp3) is 0.643. The number of carbonyl (C=O) groups excluding carboxylic acids is 1. The highest BCUT2D eigenvalue weighted by atomic mass is 16.3. The van der Waals surface area contributed by atoms with Crippen LogP contribution >= 0.6 is 0 Å². The minimum absolute atomic E-state index is 0.00839. The van der Waals surface area contributed by atoms with Crippen molar-refractivity contribution in [2.75, 3.05) is 13.1 Å². The first-order valence-electron chi connectivity index (χ1n) is 6.78. The molecule has 3 N–H and O–H groups in total. The van der Waals surface area contributed by atoms with Crippen LogP contribution in [0.1, 0.15) is 39.5 Å². The lowest BCUT2D eigenvalue weighted by molar-refractivity contribution is -0.123. The van der Waals surface area contributed by atoms with Crippen LogP contribution in [0.25, 0.3) is 0 Å². The number of amides is 1. The van der Waals surface area contributed by atoms with Gasteiger partial charge in [0.15, 0.2) is 0 Å². The number of hydrogen-bond acceptors (Lipinski definition) is 4. The second-order valence-electron chi connectivity index (χ2n) is 5.10. The summed E-state index contributed by atoms with van der Waals surface area (Å²) in [5.74, 6) is 0.809. The van der Waals surface area contributed by atoms with Crippen LogP contribution in [0, 0.1) is 0 Å². The molecule has 0 saturated carbocycles. The van der Waals surface area contributed by atoms with Gasteiger partial charge in [-0.05, 0) is 39.4 Å². The van der Waals surface area contributed by atoms with Crippen molar-refractivity contribution in [3.8, 4) is 0 Å². The highest BCUT2D eigenvalue weighted by Crippen LogP contribution is 2.23. The molecule has 0 aliphatic heterocycles. The second kappa shape index (κ2) is 7.31. The number of nitrogens with one attached hydrogen (secondary N) is 1. The summed E-state index contributed by atoms with van der Waals surface area (Å²) >= 11 is 0. The van der Waals surface area contributed by atoms with E-state index in [0.717, 1.165) is 12.3 Å². The highest BCUT2D eigenvalue weighted by Gasteiger charge is 2.27. The Kier molecular flexibility index (Phi) is 6.05. The zero-order chi connectivity index (χ0) is 14.4. The first-order chi connectivity index (χ1) is 8.95. The Hall–Kier alpha value is -1.33. The SMILES string of the molecule is CCN(CC(=O)NC(C)C)C(c1ccco1)C(C)N. The van der Waals surface area contributed by atoms with Crippen LogP contribution in [-0.4, -0.2) is 36.0 Å². The lowest BCUT2D eigenvalue weighted by atomic mass is 10.1. The minimum atomic E-state index is -0.113. The Morgan fingerprint density at radius 2 is 2.16 bits per heavy atom. The summed E-state index contributed by atoms with van der Waals surface area (Å²) in [6, 6.07) is 3.68. The van der Waals surface area contributed by atoms with Gasteiger partial charge in [0.25, 0.3) is 0 Å². The molecule has 0 spiro atoms. The van der Waals surface area contributed by atoms with E-state index in [0.29, 0.717) is 6.54 Å². The van der Waals surface area contributed by atoms with E-state index in [1.165, 1.54) is 0 Å². The molecule has 5 heteroatoms. The second-order valence-corrected chi connectivity index (χ2v) is 5.10. The molecule has 0 aromatic carbocycles. The number of nitrogens with two attached hydrogens (primary N) is 1. The van der Waals surface area contributed by atoms with Crippen LogP contribution in [0.15, 0.2) is 22.8 Å². The molecule has 0 fully saturated rings. The third-order valence-electron chi connectivity index (χ3n) is 2.93. The standard InChI is InChI=1S/C14H25N3O2/c1-5-17(9-13(18)16-10(2)3)14(11(4)15)12-7-6-8-19-12/h6-8,10-11,14H,5,9,15H2,1-4H3,(H,16,18). The van der Waals surface area contributed by atoms with Crippen LogP contribution in [0.5, 0.6) is 0 Å². The van der Waals surface area contributed by atoms with E-state index in [9.17, 15) is 4.79 Å². The van der Waals surface area contributed by atoms with Crippen molar-refractivity contribution in [1.29, 1.82) is 0 Å². The molecular weight excluding hydrogens is 242 g/mol. The van der Waals surface area contributed by atoms with Crippen molar-refractivity contribution in [1.82, 2.24) is 10.2 Å². The van der Waals surface area contributed by atoms with Crippen LogP contribution in [0.4, 0.5) is 0 Å². The fourth-order valence-electron chi connectivity index (χ4n) is 2.19. The van der Waals surface area contributed by atoms with Gasteiger partial charge in [-0.1, -0.05) is 6.92 Å². The maximum absolute atomic E-state index is 11.9. The highest BCUT2D eigenvalue weighted by molar-refractivity contribution is 5.78. The molecular formula is C14H25N3O2. The molecule has 2 atom stereocenters. The summed E-state index contributed by atoms with van der Waals surface area (Å²) in [5, 5.41) is 2.89. The van der Waals surface area contributed by atoms with Gasteiger partial charge < -0.3 is 15.5 Å². The molecule has 1 rings (SSSR count). The third kappa shape index (κ3) is 4.69. The number of nitrogens with zero attached hydrogens (tertiary/aromatic N) is 1. The Balaban J connectivity index is 2.77. The molecule has 1 aromatic rings. The monoisotopic (exact) mass is 267 g/mol. The molecule has 0 aliphatic rings. The summed E-state index contributed by atoms with van der Waals surface area (Å²) < 4.78 is 5.45. The van der Waals surface area contributed by atoms with Gasteiger partial charge in [-0.25, -0.2) is 0 Å². The van der Waals surface area contributed by atoms with Crippen molar-refractivity contribution in [2.24, 2.45) is 5.73 Å². The van der Waals surface area contributed by atoms with E-state index < -0.39 is 0 Å². The van der Waals surface area contributed by atoms with E-state index in [4.69, 9.17) is 10.2 Å². The van der Waals surface area contributed by atoms with Crippen LogP contribution in [-0.2, 0) is 4.79 Å². The summed E-state index contributed by atoms with van der Waals surface area (Å²) in [5.41, 5.74) is 6.05. The van der Waals surface area contributed by atoms with Gasteiger partial charge >= 0.3 is 0 Å². The lowest BCUT2D eigenvalue weighted by Gasteiger charge is -2.31. The van der Waals surface area contributed by atoms with Gasteiger partial charge in [0.05, 0.1) is 18.8 Å². The van der Waals surface area contributed by atoms with Crippen LogP contribution in [0.3, 0.4) is 0 Å². The average molecular weight is 267 g/mol. The van der Waals surface area contributed by atoms with Gasteiger partial charge in [-0.15, -0.1) is 0 Å². The maximum atomic E-state index is 11.9. The Morgan fingerprint density at radius 1 is 1.47 bits per heavy atom. The Bertz CT molecular complexity index is 374. The quantitative estimate of drug-likeness (QED) is 0.785. The summed E-state index contributed by atoms with van der Waals surface area (Å²) in [7, 11) is 0. The molecule has 0 bridgehead atoms. The number of likely N-dealkylation sites (N-methyl/N-ethyl adjacent to an activating group) is 1. The van der Waals surface area contributed by atoms with E-state index in [1.54, 1.807) is 6.26 Å². The Labute approximate surface area is 115 Å². The molecule has 0 saturated heterocycles. The van der Waals surface area contributed by atoms with Crippen molar-refractivity contribution < 1.29 is 9.21 Å². The summed E-state index contributed by atoms with van der Waals surface area (Å²) in [4.78, 5) is 13.9. The molecule has 1 amide bonds. The normalized spacial score (nSPS) is 14.7. The smallest absolute Gasteiger partial charge is 0.234 e. The number of rotatable bonds is 7. The zero-order valence-electron chi connectivity index (χ0n) is 12.2. The van der Waals surface area contributed by atoms with Crippen molar-refractivity contribution >= 4 is 5.91 Å². The molecule has 19 heavy (non-hydrogen) atoms. The fourth-order valence-corrected chi connectivity index (χ4v) is 2.19. The van der Waals surface area contributed by atoms with E-state index in [-0.39, 0.29) is 24.0 Å². The molecule has 2 unspecified atom stereocenters. The van der Waals surface area contributed by atoms with Gasteiger partial charge in [0.1, 0.15) is 5.76 Å². The third-order valence-corrected chi connectivity index (χ3v) is 2.93. The molecule has 1 heterocycles. The minimum Gasteiger partial charge on any atom is -0.468 e. The van der Waals surface area contributed by atoms with Crippen molar-refractivity contribution in [3.63, 3.8) is 0 Å². The first-order valence-corrected chi connectivity index (χ1v) is 6.78. The zero-order valence-corrected chi connectivity index (χ0v) is 12.2. The van der Waals surface area contributed by atoms with Gasteiger partial charge in [0, 0.05) is 12.1 Å². The first kappa shape index (κ1) is 15.7. The van der Waals surface area contributed by atoms with Crippen LogP contribution in [0.2, 0.25) is 0 Å². The number of hydrogen-bond donors (Lipinski definition) is 2. The van der Waals surface area contributed by atoms with Gasteiger partial charge in [-0.3, -0.25) is 9.69 Å². The predicted molar refractivity (Wildman–Crippen MR) is 75.6 cm³/mol. The predicted octanol–water partition coefficient (Wildman–Crippen LogP) is 1.51. The topological polar surface area (TPSA) is 71.5 Å². The molecule has 5 nitrogen and oxygen atoms in total. The van der Waals surface area contributed by atoms with Gasteiger partial charge in [-0.2, -0.15) is 0 Å². The average Bonchev–Trinajstić information content (AvgIpc) is 2.79. The van der Waals surface area contributed by atoms with Crippen LogP contribution < -0.4 is 11.1 Å². The van der Waals surface area contributed by atoms with Gasteiger partial charge in [0.2, 0.25) is 5.91 Å². The summed E-state index contributed by atoms with van der Waals surface area (Å²) in [6.07, 6.45) is 1.63. The van der Waals surface area contributed by atoms with Crippen molar-refractivity contribution in [3.05, 3.63) is 24.2 Å². The molecule has 108 valence electrons. The largest absolute Gasteiger partial charge is 0.468 e. The molecule has 1 aromatic heterocycles. The number of carbonyl (C=O) groups is 1. The lowest BCUT2D eigenvalue weighted by Crippen LogP contribution is -2.45. The van der Waals surface area contributed by atoms with E-state index in [1.807, 2.05) is 44.7 Å².